The van der Waals surface area contributed by atoms with Gasteiger partial charge >= 0.3 is 0 Å². The topological polar surface area (TPSA) is 24.1 Å². The fourth-order valence-electron chi connectivity index (χ4n) is 1.99. The molecular weight excluding hydrogens is 378 g/mol. The third kappa shape index (κ3) is 4.06. The van der Waals surface area contributed by atoms with E-state index in [9.17, 15) is 0 Å². The molecule has 1 rings (SSSR count). The van der Waals surface area contributed by atoms with Crippen molar-refractivity contribution in [1.82, 2.24) is 7.06 Å². The number of rotatable bonds is 4. The third-order valence-corrected chi connectivity index (χ3v) is 3.50. The van der Waals surface area contributed by atoms with E-state index in [1.165, 1.54) is 38.8 Å². The minimum Gasteiger partial charge on any atom is -0.261 e. The summed E-state index contributed by atoms with van der Waals surface area (Å²) in [6, 6.07) is 0. The molecule has 0 amide bonds. The maximum atomic E-state index is 3.25. The van der Waals surface area contributed by atoms with E-state index in [1.54, 1.807) is 0 Å². The molecule has 4 heteroatoms. The van der Waals surface area contributed by atoms with Gasteiger partial charge in [0.15, 0.2) is 0 Å². The second kappa shape index (κ2) is 6.78. The predicted molar refractivity (Wildman–Crippen MR) is 69.5 cm³/mol. The van der Waals surface area contributed by atoms with Gasteiger partial charge in [0.2, 0.25) is 0 Å². The molecule has 1 aliphatic carbocycles. The lowest BCUT2D eigenvalue weighted by atomic mass is 9.81. The Hall–Kier alpha value is 1.38. The molecule has 2 N–H and O–H groups in total. The van der Waals surface area contributed by atoms with E-state index in [-0.39, 0.29) is 0 Å². The zero-order valence-electron chi connectivity index (χ0n) is 7.15. The van der Waals surface area contributed by atoms with Crippen LogP contribution in [-0.2, 0) is 0 Å². The highest BCUT2D eigenvalue weighted by Crippen LogP contribution is 2.28. The zero-order chi connectivity index (χ0) is 8.81. The smallest absolute Gasteiger partial charge is 0.0169 e. The van der Waals surface area contributed by atoms with Crippen molar-refractivity contribution in [2.45, 2.75) is 25.7 Å². The van der Waals surface area contributed by atoms with Crippen molar-refractivity contribution in [2.75, 3.05) is 13.1 Å². The molecule has 0 aromatic carbocycles. The molecule has 12 heavy (non-hydrogen) atoms. The van der Waals surface area contributed by atoms with Crippen LogP contribution in [0.15, 0.2) is 0 Å². The van der Waals surface area contributed by atoms with Crippen molar-refractivity contribution in [3.63, 3.8) is 0 Å². The second-order valence-electron chi connectivity index (χ2n) is 3.57. The molecule has 1 saturated carbocycles. The summed E-state index contributed by atoms with van der Waals surface area (Å²) in [5, 5.41) is 0. The first kappa shape index (κ1) is 11.5. The van der Waals surface area contributed by atoms with Crippen molar-refractivity contribution in [3.05, 3.63) is 0 Å². The number of hydrogen-bond donors (Lipinski definition) is 2. The maximum absolute atomic E-state index is 3.25. The van der Waals surface area contributed by atoms with Gasteiger partial charge in [-0.05, 0) is 31.1 Å². The van der Waals surface area contributed by atoms with Gasteiger partial charge in [-0.15, -0.1) is 0 Å². The molecule has 2 nitrogen and oxygen atoms in total. The Labute approximate surface area is 103 Å². The number of nitrogens with one attached hydrogen (secondary N) is 2. The van der Waals surface area contributed by atoms with Crippen LogP contribution in [0.25, 0.3) is 0 Å². The molecule has 2 unspecified atom stereocenters. The van der Waals surface area contributed by atoms with Gasteiger partial charge in [-0.1, -0.05) is 6.42 Å². The molecule has 0 saturated heterocycles. The summed E-state index contributed by atoms with van der Waals surface area (Å²) >= 11 is 4.50. The molecule has 0 aromatic rings. The molecule has 72 valence electrons. The number of hydrogen-bond acceptors (Lipinski definition) is 2. The van der Waals surface area contributed by atoms with Crippen molar-refractivity contribution in [3.8, 4) is 0 Å². The Morgan fingerprint density at radius 3 is 1.92 bits per heavy atom. The Morgan fingerprint density at radius 1 is 1.00 bits per heavy atom. The van der Waals surface area contributed by atoms with Gasteiger partial charge in [0.25, 0.3) is 0 Å². The third-order valence-electron chi connectivity index (χ3n) is 2.62. The van der Waals surface area contributed by atoms with Gasteiger partial charge in [0.1, 0.15) is 0 Å². The first-order valence-corrected chi connectivity index (χ1v) is 6.69. The van der Waals surface area contributed by atoms with Crippen molar-refractivity contribution in [1.29, 1.82) is 0 Å². The van der Waals surface area contributed by atoms with Crippen LogP contribution < -0.4 is 7.06 Å². The number of halogens is 2. The Morgan fingerprint density at radius 2 is 1.50 bits per heavy atom. The van der Waals surface area contributed by atoms with E-state index in [0.717, 1.165) is 11.8 Å². The van der Waals surface area contributed by atoms with Crippen LogP contribution in [0.4, 0.5) is 0 Å². The van der Waals surface area contributed by atoms with Crippen LogP contribution in [0.5, 0.6) is 0 Å². The highest BCUT2D eigenvalue weighted by atomic mass is 127. The second-order valence-corrected chi connectivity index (χ2v) is 5.10. The van der Waals surface area contributed by atoms with Gasteiger partial charge < -0.3 is 0 Å². The maximum Gasteiger partial charge on any atom is 0.0169 e. The molecule has 0 spiro atoms. The van der Waals surface area contributed by atoms with E-state index in [1.807, 2.05) is 0 Å². The summed E-state index contributed by atoms with van der Waals surface area (Å²) in [6.45, 7) is 2.39. The first-order valence-electron chi connectivity index (χ1n) is 4.53. The van der Waals surface area contributed by atoms with Crippen molar-refractivity contribution >= 4 is 45.7 Å². The molecule has 2 atom stereocenters. The van der Waals surface area contributed by atoms with Gasteiger partial charge in [0.05, 0.1) is 0 Å². The molecule has 0 heterocycles. The highest BCUT2D eigenvalue weighted by Gasteiger charge is 2.20. The van der Waals surface area contributed by atoms with Crippen LogP contribution >= 0.6 is 45.7 Å². The molecule has 1 fully saturated rings. The Balaban J connectivity index is 2.20. The quantitative estimate of drug-likeness (QED) is 0.566. The first-order chi connectivity index (χ1) is 5.86. The van der Waals surface area contributed by atoms with Gasteiger partial charge in [-0.25, -0.2) is 0 Å². The van der Waals surface area contributed by atoms with E-state index < -0.39 is 0 Å². The lowest BCUT2D eigenvalue weighted by Gasteiger charge is -2.28. The summed E-state index contributed by atoms with van der Waals surface area (Å²) in [5.41, 5.74) is 0. The summed E-state index contributed by atoms with van der Waals surface area (Å²) in [5.74, 6) is 1.84. The van der Waals surface area contributed by atoms with Gasteiger partial charge in [-0.3, -0.25) is 7.06 Å². The van der Waals surface area contributed by atoms with Crippen LogP contribution in [-0.4, -0.2) is 13.1 Å². The molecule has 0 aliphatic heterocycles. The largest absolute Gasteiger partial charge is 0.261 e. The summed E-state index contributed by atoms with van der Waals surface area (Å²) in [4.78, 5) is 0. The fourth-order valence-corrected chi connectivity index (χ4v) is 3.24. The minimum absolute atomic E-state index is 0.922. The van der Waals surface area contributed by atoms with E-state index in [0.29, 0.717) is 0 Å². The van der Waals surface area contributed by atoms with Crippen LogP contribution in [0.1, 0.15) is 25.7 Å². The monoisotopic (exact) mass is 394 g/mol. The lowest BCUT2D eigenvalue weighted by Crippen LogP contribution is -2.26. The molecule has 1 aliphatic rings. The average molecular weight is 394 g/mol. The standard InChI is InChI=1S/C8H16I2N2/c9-11-5-7-2-1-3-8(4-7)6-12-10/h7-8,11-12H,1-6H2. The van der Waals surface area contributed by atoms with Crippen molar-refractivity contribution < 1.29 is 0 Å². The molecule has 0 aromatic heterocycles. The molecule has 0 bridgehead atoms. The van der Waals surface area contributed by atoms with E-state index in [2.05, 4.69) is 52.8 Å². The summed E-state index contributed by atoms with van der Waals surface area (Å²) in [6.07, 6.45) is 5.68. The van der Waals surface area contributed by atoms with Crippen LogP contribution in [0.3, 0.4) is 0 Å². The van der Waals surface area contributed by atoms with Crippen LogP contribution in [0, 0.1) is 11.8 Å². The molecular formula is C8H16I2N2. The normalized spacial score (nSPS) is 30.5. The minimum atomic E-state index is 0.922. The van der Waals surface area contributed by atoms with Crippen molar-refractivity contribution in [2.24, 2.45) is 11.8 Å². The Bertz CT molecular complexity index is 106. The van der Waals surface area contributed by atoms with E-state index >= 15 is 0 Å². The van der Waals surface area contributed by atoms with Gasteiger partial charge in [-0.2, -0.15) is 0 Å². The average Bonchev–Trinajstić information content (AvgIpc) is 2.06. The lowest BCUT2D eigenvalue weighted by molar-refractivity contribution is 0.273. The highest BCUT2D eigenvalue weighted by molar-refractivity contribution is 14.1. The summed E-state index contributed by atoms with van der Waals surface area (Å²) < 4.78 is 6.50. The van der Waals surface area contributed by atoms with Crippen LogP contribution in [0.2, 0.25) is 0 Å². The zero-order valence-corrected chi connectivity index (χ0v) is 11.5. The fraction of sp³-hybridized carbons (Fsp3) is 1.00. The molecule has 0 radical (unpaired) electrons. The Kier molecular flexibility index (Phi) is 6.47. The summed E-state index contributed by atoms with van der Waals surface area (Å²) in [7, 11) is 0. The predicted octanol–water partition coefficient (Wildman–Crippen LogP) is 2.67. The van der Waals surface area contributed by atoms with Gasteiger partial charge in [0, 0.05) is 58.8 Å². The SMILES string of the molecule is INCC1CCCC(CNI)C1. The van der Waals surface area contributed by atoms with E-state index in [4.69, 9.17) is 0 Å².